The Hall–Kier alpha value is -8.05. The van der Waals surface area contributed by atoms with E-state index in [0.717, 1.165) is 76.5 Å². The minimum absolute atomic E-state index is 0.875. The van der Waals surface area contributed by atoms with Crippen molar-refractivity contribution in [2.75, 3.05) is 4.90 Å². The number of thiazole rings is 1. The maximum Gasteiger partial charge on any atom is 0.137 e. The van der Waals surface area contributed by atoms with Gasteiger partial charge in [0.25, 0.3) is 0 Å². The molecule has 0 saturated carbocycles. The molecule has 0 atom stereocenters. The first-order valence-corrected chi connectivity index (χ1v) is 22.1. The van der Waals surface area contributed by atoms with Crippen LogP contribution in [-0.4, -0.2) is 4.98 Å². The minimum Gasteiger partial charge on any atom is -0.456 e. The van der Waals surface area contributed by atoms with Gasteiger partial charge in [-0.3, -0.25) is 0 Å². The SMILES string of the molecule is c1ccc(-c2nc3ccc4oc5ccc(-c6ccc(N(c7ccc(-c8ccc(-c9ccccc9)c9ccccc89)cc7)c7ccccc7-c7ccccc7)cc6)cc5c4c3s2)cc1. The molecule has 63 heavy (non-hydrogen) atoms. The lowest BCUT2D eigenvalue weighted by Crippen LogP contribution is -2.11. The summed E-state index contributed by atoms with van der Waals surface area (Å²) in [5, 5.41) is 5.72. The van der Waals surface area contributed by atoms with Crippen molar-refractivity contribution in [1.82, 2.24) is 4.98 Å². The van der Waals surface area contributed by atoms with Gasteiger partial charge in [0.05, 0.1) is 15.9 Å². The van der Waals surface area contributed by atoms with Crippen LogP contribution in [0.5, 0.6) is 0 Å². The lowest BCUT2D eigenvalue weighted by Gasteiger charge is -2.28. The second kappa shape index (κ2) is 15.4. The molecule has 4 heteroatoms. The van der Waals surface area contributed by atoms with Crippen molar-refractivity contribution in [2.45, 2.75) is 0 Å². The molecule has 0 aliphatic heterocycles. The molecule has 0 amide bonds. The number of hydrogen-bond donors (Lipinski definition) is 0. The van der Waals surface area contributed by atoms with Crippen LogP contribution in [0.3, 0.4) is 0 Å². The van der Waals surface area contributed by atoms with E-state index in [1.807, 2.05) is 6.07 Å². The fraction of sp³-hybridized carbons (Fsp3) is 0. The number of anilines is 3. The van der Waals surface area contributed by atoms with E-state index in [2.05, 4.69) is 229 Å². The van der Waals surface area contributed by atoms with E-state index in [-0.39, 0.29) is 0 Å². The van der Waals surface area contributed by atoms with Gasteiger partial charge in [-0.25, -0.2) is 4.98 Å². The number of rotatable bonds is 8. The maximum atomic E-state index is 6.42. The molecule has 0 aliphatic carbocycles. The van der Waals surface area contributed by atoms with Gasteiger partial charge in [0.15, 0.2) is 0 Å². The largest absolute Gasteiger partial charge is 0.456 e. The van der Waals surface area contributed by atoms with Crippen molar-refractivity contribution < 1.29 is 4.42 Å². The average molecular weight is 823 g/mol. The summed E-state index contributed by atoms with van der Waals surface area (Å²) >= 11 is 1.72. The first-order chi connectivity index (χ1) is 31.2. The van der Waals surface area contributed by atoms with Crippen molar-refractivity contribution in [2.24, 2.45) is 0 Å². The van der Waals surface area contributed by atoms with Crippen LogP contribution in [0.25, 0.3) is 98.0 Å². The van der Waals surface area contributed by atoms with Gasteiger partial charge < -0.3 is 9.32 Å². The van der Waals surface area contributed by atoms with Crippen molar-refractivity contribution >= 4 is 71.3 Å². The molecule has 12 rings (SSSR count). The third-order valence-electron chi connectivity index (χ3n) is 12.1. The molecule has 12 aromatic rings. The monoisotopic (exact) mass is 822 g/mol. The summed E-state index contributed by atoms with van der Waals surface area (Å²) in [6.45, 7) is 0. The predicted octanol–water partition coefficient (Wildman–Crippen LogP) is 17.2. The van der Waals surface area contributed by atoms with E-state index in [4.69, 9.17) is 9.40 Å². The van der Waals surface area contributed by atoms with Crippen molar-refractivity contribution in [3.63, 3.8) is 0 Å². The van der Waals surface area contributed by atoms with Crippen molar-refractivity contribution in [1.29, 1.82) is 0 Å². The number of benzene rings is 10. The van der Waals surface area contributed by atoms with E-state index in [1.54, 1.807) is 11.3 Å². The van der Waals surface area contributed by atoms with Crippen LogP contribution >= 0.6 is 11.3 Å². The van der Waals surface area contributed by atoms with Crippen LogP contribution in [-0.2, 0) is 0 Å². The van der Waals surface area contributed by atoms with Gasteiger partial charge in [0, 0.05) is 33.3 Å². The summed E-state index contributed by atoms with van der Waals surface area (Å²) in [4.78, 5) is 7.40. The Morgan fingerprint density at radius 2 is 0.873 bits per heavy atom. The third-order valence-corrected chi connectivity index (χ3v) is 13.3. The lowest BCUT2D eigenvalue weighted by atomic mass is 9.92. The Labute approximate surface area is 369 Å². The highest BCUT2D eigenvalue weighted by molar-refractivity contribution is 7.22. The van der Waals surface area contributed by atoms with Crippen LogP contribution < -0.4 is 4.90 Å². The molecule has 0 fully saturated rings. The number of furan rings is 1. The minimum atomic E-state index is 0.875. The second-order valence-corrected chi connectivity index (χ2v) is 16.9. The Morgan fingerprint density at radius 3 is 1.52 bits per heavy atom. The maximum absolute atomic E-state index is 6.42. The lowest BCUT2D eigenvalue weighted by molar-refractivity contribution is 0.669. The Balaban J connectivity index is 0.943. The van der Waals surface area contributed by atoms with E-state index in [9.17, 15) is 0 Å². The third kappa shape index (κ3) is 6.56. The molecule has 0 spiro atoms. The molecule has 0 bridgehead atoms. The molecule has 10 aromatic carbocycles. The second-order valence-electron chi connectivity index (χ2n) is 15.9. The topological polar surface area (TPSA) is 29.3 Å². The van der Waals surface area contributed by atoms with Crippen molar-refractivity contribution in [3.8, 4) is 55.1 Å². The number of hydrogen-bond acceptors (Lipinski definition) is 4. The Morgan fingerprint density at radius 1 is 0.365 bits per heavy atom. The van der Waals surface area contributed by atoms with Gasteiger partial charge in [-0.15, -0.1) is 11.3 Å². The van der Waals surface area contributed by atoms with Crippen molar-refractivity contribution in [3.05, 3.63) is 231 Å². The van der Waals surface area contributed by atoms with Crippen LogP contribution in [0.1, 0.15) is 0 Å². The predicted molar refractivity (Wildman–Crippen MR) is 266 cm³/mol. The Bertz CT molecular complexity index is 3590. The highest BCUT2D eigenvalue weighted by atomic mass is 32.1. The van der Waals surface area contributed by atoms with Gasteiger partial charge in [-0.1, -0.05) is 176 Å². The van der Waals surface area contributed by atoms with Gasteiger partial charge in [0.2, 0.25) is 0 Å². The van der Waals surface area contributed by atoms with Crippen LogP contribution in [0, 0.1) is 0 Å². The fourth-order valence-electron chi connectivity index (χ4n) is 9.10. The zero-order chi connectivity index (χ0) is 41.7. The summed E-state index contributed by atoms with van der Waals surface area (Å²) in [5.41, 5.74) is 16.6. The molecule has 0 radical (unpaired) electrons. The molecule has 2 heterocycles. The Kier molecular flexibility index (Phi) is 9.02. The molecule has 296 valence electrons. The first kappa shape index (κ1) is 36.8. The van der Waals surface area contributed by atoms with E-state index in [1.165, 1.54) is 38.6 Å². The van der Waals surface area contributed by atoms with Crippen LogP contribution in [0.4, 0.5) is 17.1 Å². The smallest absolute Gasteiger partial charge is 0.137 e. The molecular formula is C59H38N2OS. The zero-order valence-corrected chi connectivity index (χ0v) is 35.0. The van der Waals surface area contributed by atoms with Crippen LogP contribution in [0.15, 0.2) is 235 Å². The van der Waals surface area contributed by atoms with Gasteiger partial charge in [-0.05, 0) is 104 Å². The summed E-state index contributed by atoms with van der Waals surface area (Å²) in [6.07, 6.45) is 0. The number of para-hydroxylation sites is 1. The standard InChI is InChI=1S/C59H38N2OS/c1-4-14-40(15-5-1)47-33-34-48(51-22-11-10-21-50(47)51)42-26-31-46(32-27-42)61(54-23-13-12-20-49(54)41-16-6-2-7-17-41)45-29-24-39(25-30-45)44-28-36-55-52(38-44)57-56(62-55)37-35-53-58(57)63-59(60-53)43-18-8-3-9-19-43/h1-38H. The molecule has 2 aromatic heterocycles. The summed E-state index contributed by atoms with van der Waals surface area (Å²) in [7, 11) is 0. The van der Waals surface area contributed by atoms with Crippen LogP contribution in [0.2, 0.25) is 0 Å². The quantitative estimate of drug-likeness (QED) is 0.153. The highest BCUT2D eigenvalue weighted by Gasteiger charge is 2.20. The number of fused-ring (bicyclic) bond motifs is 6. The molecule has 3 nitrogen and oxygen atoms in total. The summed E-state index contributed by atoms with van der Waals surface area (Å²) < 4.78 is 7.56. The van der Waals surface area contributed by atoms with Gasteiger partial charge in [-0.2, -0.15) is 0 Å². The molecule has 0 unspecified atom stereocenters. The molecule has 0 N–H and O–H groups in total. The average Bonchev–Trinajstić information content (AvgIpc) is 3.97. The fourth-order valence-corrected chi connectivity index (χ4v) is 10.2. The van der Waals surface area contributed by atoms with E-state index < -0.39 is 0 Å². The van der Waals surface area contributed by atoms with Gasteiger partial charge in [0.1, 0.15) is 16.2 Å². The first-order valence-electron chi connectivity index (χ1n) is 21.3. The van der Waals surface area contributed by atoms with E-state index in [0.29, 0.717) is 0 Å². The van der Waals surface area contributed by atoms with Gasteiger partial charge >= 0.3 is 0 Å². The summed E-state index contributed by atoms with van der Waals surface area (Å²) in [6, 6.07) is 82.4. The highest BCUT2D eigenvalue weighted by Crippen LogP contribution is 2.44. The normalized spacial score (nSPS) is 11.5. The number of aromatic nitrogens is 1. The molecule has 0 aliphatic rings. The molecular weight excluding hydrogens is 785 g/mol. The summed E-state index contributed by atoms with van der Waals surface area (Å²) in [5.74, 6) is 0. The zero-order valence-electron chi connectivity index (χ0n) is 34.2. The van der Waals surface area contributed by atoms with E-state index >= 15 is 0 Å². The number of nitrogens with zero attached hydrogens (tertiary/aromatic N) is 2. The molecule has 0 saturated heterocycles.